The summed E-state index contributed by atoms with van der Waals surface area (Å²) >= 11 is 0. The number of ether oxygens (including phenoxy) is 1. The number of nitrogens with zero attached hydrogens (tertiary/aromatic N) is 1. The average molecular weight is 220 g/mol. The first-order valence-corrected chi connectivity index (χ1v) is 4.63. The first-order chi connectivity index (χ1) is 7.65. The van der Waals surface area contributed by atoms with Gasteiger partial charge in [-0.05, 0) is 0 Å². The molecule has 16 heavy (non-hydrogen) atoms. The molecule has 1 N–H and O–H groups in total. The van der Waals surface area contributed by atoms with E-state index >= 15 is 0 Å². The third-order valence-corrected chi connectivity index (χ3v) is 1.74. The van der Waals surface area contributed by atoms with Crippen LogP contribution in [-0.4, -0.2) is 24.7 Å². The van der Waals surface area contributed by atoms with E-state index in [1.54, 1.807) is 30.3 Å². The predicted octanol–water partition coefficient (Wildman–Crippen LogP) is 0.965. The summed E-state index contributed by atoms with van der Waals surface area (Å²) in [5.41, 5.74) is 2.60. The molecule has 5 heteroatoms. The molecule has 0 aliphatic carbocycles. The van der Waals surface area contributed by atoms with Gasteiger partial charge in [0.15, 0.2) is 0 Å². The van der Waals surface area contributed by atoms with Crippen LogP contribution in [0.25, 0.3) is 0 Å². The molecule has 0 bridgehead atoms. The lowest BCUT2D eigenvalue weighted by Crippen LogP contribution is -2.22. The summed E-state index contributed by atoms with van der Waals surface area (Å²) < 4.78 is 4.80. The Morgan fingerprint density at radius 2 is 1.88 bits per heavy atom. The van der Waals surface area contributed by atoms with Gasteiger partial charge in [-0.15, -0.1) is 5.10 Å². The maximum absolute atomic E-state index is 11.8. The Balaban J connectivity index is 2.86. The Hall–Kier alpha value is -2.17. The summed E-state index contributed by atoms with van der Waals surface area (Å²) in [4.78, 5) is 22.4. The lowest BCUT2D eigenvalue weighted by Gasteiger charge is -2.03. The lowest BCUT2D eigenvalue weighted by molar-refractivity contribution is -0.118. The van der Waals surface area contributed by atoms with Crippen LogP contribution in [0.5, 0.6) is 0 Å². The van der Waals surface area contributed by atoms with Crippen LogP contribution in [0, 0.1) is 0 Å². The molecule has 0 heterocycles. The predicted molar refractivity (Wildman–Crippen MR) is 59.0 cm³/mol. The SMILES string of the molecule is COC(=NNC(C)=O)C(=O)c1ccccc1. The van der Waals surface area contributed by atoms with Crippen LogP contribution in [-0.2, 0) is 9.53 Å². The number of hydrogen-bond acceptors (Lipinski definition) is 4. The summed E-state index contributed by atoms with van der Waals surface area (Å²) in [5.74, 6) is -0.895. The monoisotopic (exact) mass is 220 g/mol. The first kappa shape index (κ1) is 11.9. The van der Waals surface area contributed by atoms with Gasteiger partial charge in [-0.1, -0.05) is 30.3 Å². The van der Waals surface area contributed by atoms with Gasteiger partial charge in [-0.25, -0.2) is 5.43 Å². The number of amides is 1. The van der Waals surface area contributed by atoms with Crippen LogP contribution in [0.1, 0.15) is 17.3 Å². The summed E-state index contributed by atoms with van der Waals surface area (Å²) in [6.45, 7) is 1.30. The largest absolute Gasteiger partial charge is 0.477 e. The van der Waals surface area contributed by atoms with Crippen LogP contribution in [0.3, 0.4) is 0 Å². The Labute approximate surface area is 93.1 Å². The van der Waals surface area contributed by atoms with Gasteiger partial charge in [0.2, 0.25) is 11.7 Å². The fourth-order valence-corrected chi connectivity index (χ4v) is 1.03. The molecule has 0 saturated carbocycles. The Morgan fingerprint density at radius 1 is 1.25 bits per heavy atom. The van der Waals surface area contributed by atoms with Crippen LogP contribution in [0.2, 0.25) is 0 Å². The summed E-state index contributed by atoms with van der Waals surface area (Å²) in [7, 11) is 1.32. The molecule has 0 aromatic heterocycles. The molecular formula is C11H12N2O3. The summed E-state index contributed by atoms with van der Waals surface area (Å²) in [6.07, 6.45) is 0. The molecule has 0 radical (unpaired) electrons. The molecule has 0 atom stereocenters. The van der Waals surface area contributed by atoms with Gasteiger partial charge in [0, 0.05) is 12.5 Å². The molecule has 1 rings (SSSR count). The number of carbonyl (C=O) groups is 2. The molecule has 0 saturated heterocycles. The highest BCUT2D eigenvalue weighted by Crippen LogP contribution is 2.01. The highest BCUT2D eigenvalue weighted by atomic mass is 16.5. The molecule has 1 aromatic rings. The number of nitrogens with one attached hydrogen (secondary N) is 1. The Kier molecular flexibility index (Phi) is 4.20. The molecule has 0 unspecified atom stereocenters. The summed E-state index contributed by atoms with van der Waals surface area (Å²) in [6, 6.07) is 8.56. The molecule has 84 valence electrons. The van der Waals surface area contributed by atoms with E-state index in [1.165, 1.54) is 14.0 Å². The topological polar surface area (TPSA) is 67.8 Å². The lowest BCUT2D eigenvalue weighted by atomic mass is 10.1. The second kappa shape index (κ2) is 5.65. The quantitative estimate of drug-likeness (QED) is 0.357. The fraction of sp³-hybridized carbons (Fsp3) is 0.182. The zero-order chi connectivity index (χ0) is 12.0. The number of hydrazone groups is 1. The van der Waals surface area contributed by atoms with Crippen molar-refractivity contribution in [1.82, 2.24) is 5.43 Å². The van der Waals surface area contributed by atoms with Crippen molar-refractivity contribution in [3.05, 3.63) is 35.9 Å². The number of hydrogen-bond donors (Lipinski definition) is 1. The highest BCUT2D eigenvalue weighted by molar-refractivity contribution is 6.42. The van der Waals surface area contributed by atoms with Crippen molar-refractivity contribution < 1.29 is 14.3 Å². The third kappa shape index (κ3) is 3.20. The number of benzene rings is 1. The number of methoxy groups -OCH3 is 1. The second-order valence-electron chi connectivity index (χ2n) is 2.98. The molecular weight excluding hydrogens is 208 g/mol. The minimum absolute atomic E-state index is 0.151. The maximum Gasteiger partial charge on any atom is 0.280 e. The van der Waals surface area contributed by atoms with Crippen LogP contribution >= 0.6 is 0 Å². The van der Waals surface area contributed by atoms with E-state index in [4.69, 9.17) is 4.74 Å². The van der Waals surface area contributed by atoms with E-state index in [9.17, 15) is 9.59 Å². The molecule has 5 nitrogen and oxygen atoms in total. The molecule has 0 fully saturated rings. The Bertz CT molecular complexity index is 412. The van der Waals surface area contributed by atoms with Crippen molar-refractivity contribution in [1.29, 1.82) is 0 Å². The number of carbonyl (C=O) groups excluding carboxylic acids is 2. The van der Waals surface area contributed by atoms with E-state index in [1.807, 2.05) is 0 Å². The minimum atomic E-state index is -0.378. The van der Waals surface area contributed by atoms with E-state index in [-0.39, 0.29) is 17.6 Å². The minimum Gasteiger partial charge on any atom is -0.477 e. The van der Waals surface area contributed by atoms with Gasteiger partial charge in [0.1, 0.15) is 0 Å². The van der Waals surface area contributed by atoms with Gasteiger partial charge in [0.05, 0.1) is 7.11 Å². The Morgan fingerprint density at radius 3 is 2.38 bits per heavy atom. The van der Waals surface area contributed by atoms with Gasteiger partial charge in [-0.3, -0.25) is 9.59 Å². The molecule has 1 amide bonds. The van der Waals surface area contributed by atoms with Crippen molar-refractivity contribution in [3.8, 4) is 0 Å². The third-order valence-electron chi connectivity index (χ3n) is 1.74. The van der Waals surface area contributed by atoms with Crippen molar-refractivity contribution in [2.24, 2.45) is 5.10 Å². The van der Waals surface area contributed by atoms with Gasteiger partial charge < -0.3 is 4.74 Å². The van der Waals surface area contributed by atoms with Gasteiger partial charge in [-0.2, -0.15) is 0 Å². The number of rotatable bonds is 3. The van der Waals surface area contributed by atoms with Crippen LogP contribution < -0.4 is 5.43 Å². The fourth-order valence-electron chi connectivity index (χ4n) is 1.03. The van der Waals surface area contributed by atoms with Crippen molar-refractivity contribution in [2.75, 3.05) is 7.11 Å². The van der Waals surface area contributed by atoms with Crippen molar-refractivity contribution in [3.63, 3.8) is 0 Å². The zero-order valence-corrected chi connectivity index (χ0v) is 9.06. The van der Waals surface area contributed by atoms with E-state index < -0.39 is 0 Å². The number of Topliss-reactive ketones (excluding diaryl/α,β-unsaturated/α-hetero) is 1. The normalized spacial score (nSPS) is 10.8. The van der Waals surface area contributed by atoms with E-state index in [0.29, 0.717) is 5.56 Å². The maximum atomic E-state index is 11.8. The van der Waals surface area contributed by atoms with Crippen molar-refractivity contribution >= 4 is 17.6 Å². The average Bonchev–Trinajstić information content (AvgIpc) is 2.30. The van der Waals surface area contributed by atoms with Crippen molar-refractivity contribution in [2.45, 2.75) is 6.92 Å². The van der Waals surface area contributed by atoms with Crippen LogP contribution in [0.15, 0.2) is 35.4 Å². The molecule has 0 aliphatic heterocycles. The number of ketones is 1. The molecule has 0 aliphatic rings. The first-order valence-electron chi connectivity index (χ1n) is 4.63. The smallest absolute Gasteiger partial charge is 0.280 e. The van der Waals surface area contributed by atoms with E-state index in [0.717, 1.165) is 0 Å². The van der Waals surface area contributed by atoms with E-state index in [2.05, 4.69) is 10.5 Å². The second-order valence-corrected chi connectivity index (χ2v) is 2.98. The molecule has 1 aromatic carbocycles. The van der Waals surface area contributed by atoms with Crippen LogP contribution in [0.4, 0.5) is 0 Å². The summed E-state index contributed by atoms with van der Waals surface area (Å²) in [5, 5.41) is 3.56. The zero-order valence-electron chi connectivity index (χ0n) is 9.06. The van der Waals surface area contributed by atoms with Gasteiger partial charge >= 0.3 is 0 Å². The standard InChI is InChI=1S/C11H12N2O3/c1-8(14)12-13-11(16-2)10(15)9-6-4-3-5-7-9/h3-7H,1-2H3,(H,12,14). The van der Waals surface area contributed by atoms with Gasteiger partial charge in [0.25, 0.3) is 5.90 Å². The molecule has 0 spiro atoms. The highest BCUT2D eigenvalue weighted by Gasteiger charge is 2.14.